The van der Waals surface area contributed by atoms with Crippen molar-refractivity contribution in [1.82, 2.24) is 5.06 Å². The largest absolute Gasteiger partial charge is 0.416 e. The molecular formula is C22H22F3NO. The summed E-state index contributed by atoms with van der Waals surface area (Å²) >= 11 is 0. The summed E-state index contributed by atoms with van der Waals surface area (Å²) in [5, 5.41) is 13.9. The third-order valence-corrected chi connectivity index (χ3v) is 4.83. The lowest BCUT2D eigenvalue weighted by atomic mass is 9.99. The molecule has 0 unspecified atom stereocenters. The van der Waals surface area contributed by atoms with Crippen molar-refractivity contribution in [2.45, 2.75) is 32.0 Å². The number of nitrogens with zero attached hydrogens (tertiary/aromatic N) is 1. The molecule has 0 aliphatic carbocycles. The fourth-order valence-corrected chi connectivity index (χ4v) is 3.32. The Labute approximate surface area is 156 Å². The minimum Gasteiger partial charge on any atom is -0.313 e. The van der Waals surface area contributed by atoms with E-state index in [1.165, 1.54) is 17.2 Å². The standard InChI is InChI=1S/C22H22F3NO/c1-16(20-13-5-10-18-9-2-3-12-21(18)20)26(27)14-6-8-17-7-4-11-19(15-17)22(23,24)25/h2-5,7,9-13,15-16,27H,6,8,14H2,1H3/t16-/m1/s1. The second-order valence-corrected chi connectivity index (χ2v) is 6.71. The normalized spacial score (nSPS) is 13.3. The number of hydroxylamine groups is 2. The van der Waals surface area contributed by atoms with Gasteiger partial charge in [0.25, 0.3) is 0 Å². The zero-order valence-electron chi connectivity index (χ0n) is 15.1. The molecule has 5 heteroatoms. The number of fused-ring (bicyclic) bond motifs is 1. The highest BCUT2D eigenvalue weighted by Crippen LogP contribution is 2.30. The molecule has 0 bridgehead atoms. The number of aryl methyl sites for hydroxylation is 1. The predicted molar refractivity (Wildman–Crippen MR) is 101 cm³/mol. The third-order valence-electron chi connectivity index (χ3n) is 4.83. The summed E-state index contributed by atoms with van der Waals surface area (Å²) in [6.07, 6.45) is -3.29. The monoisotopic (exact) mass is 373 g/mol. The van der Waals surface area contributed by atoms with Crippen molar-refractivity contribution in [3.63, 3.8) is 0 Å². The average Bonchev–Trinajstić information content (AvgIpc) is 2.66. The number of rotatable bonds is 6. The fourth-order valence-electron chi connectivity index (χ4n) is 3.32. The van der Waals surface area contributed by atoms with Gasteiger partial charge in [0.15, 0.2) is 0 Å². The van der Waals surface area contributed by atoms with Crippen molar-refractivity contribution in [2.24, 2.45) is 0 Å². The molecule has 0 spiro atoms. The minimum absolute atomic E-state index is 0.211. The molecule has 3 aromatic rings. The Morgan fingerprint density at radius 2 is 1.67 bits per heavy atom. The van der Waals surface area contributed by atoms with Crippen LogP contribution < -0.4 is 0 Å². The highest BCUT2D eigenvalue weighted by atomic mass is 19.4. The Bertz CT molecular complexity index is 902. The maximum absolute atomic E-state index is 12.8. The zero-order valence-corrected chi connectivity index (χ0v) is 15.1. The molecule has 2 nitrogen and oxygen atoms in total. The lowest BCUT2D eigenvalue weighted by Crippen LogP contribution is -2.24. The number of halogens is 3. The number of hydrogen-bond donors (Lipinski definition) is 1. The zero-order chi connectivity index (χ0) is 19.4. The molecule has 0 amide bonds. The first-order valence-corrected chi connectivity index (χ1v) is 8.95. The Morgan fingerprint density at radius 1 is 0.963 bits per heavy atom. The fraction of sp³-hybridized carbons (Fsp3) is 0.273. The van der Waals surface area contributed by atoms with E-state index in [2.05, 4.69) is 0 Å². The maximum Gasteiger partial charge on any atom is 0.416 e. The lowest BCUT2D eigenvalue weighted by molar-refractivity contribution is -0.137. The van der Waals surface area contributed by atoms with E-state index in [9.17, 15) is 18.4 Å². The van der Waals surface area contributed by atoms with Gasteiger partial charge in [0.05, 0.1) is 11.6 Å². The second-order valence-electron chi connectivity index (χ2n) is 6.71. The van der Waals surface area contributed by atoms with E-state index < -0.39 is 11.7 Å². The van der Waals surface area contributed by atoms with Gasteiger partial charge < -0.3 is 5.21 Å². The Kier molecular flexibility index (Phi) is 5.82. The first kappa shape index (κ1) is 19.4. The highest BCUT2D eigenvalue weighted by Gasteiger charge is 2.30. The van der Waals surface area contributed by atoms with Gasteiger partial charge in [-0.15, -0.1) is 0 Å². The summed E-state index contributed by atoms with van der Waals surface area (Å²) in [5.74, 6) is 0. The van der Waals surface area contributed by atoms with Gasteiger partial charge in [-0.1, -0.05) is 60.7 Å². The van der Waals surface area contributed by atoms with Crippen LogP contribution in [0.25, 0.3) is 10.8 Å². The molecule has 0 radical (unpaired) electrons. The van der Waals surface area contributed by atoms with Gasteiger partial charge in [-0.2, -0.15) is 18.2 Å². The summed E-state index contributed by atoms with van der Waals surface area (Å²) in [4.78, 5) is 0. The van der Waals surface area contributed by atoms with Gasteiger partial charge in [0.2, 0.25) is 0 Å². The van der Waals surface area contributed by atoms with Crippen LogP contribution in [0, 0.1) is 0 Å². The second kappa shape index (κ2) is 8.11. The molecule has 27 heavy (non-hydrogen) atoms. The molecule has 0 saturated carbocycles. The van der Waals surface area contributed by atoms with E-state index in [4.69, 9.17) is 0 Å². The maximum atomic E-state index is 12.8. The number of hydrogen-bond acceptors (Lipinski definition) is 2. The minimum atomic E-state index is -4.33. The highest BCUT2D eigenvalue weighted by molar-refractivity contribution is 5.86. The summed E-state index contributed by atoms with van der Waals surface area (Å²) in [7, 11) is 0. The van der Waals surface area contributed by atoms with Crippen molar-refractivity contribution in [3.05, 3.63) is 83.4 Å². The molecule has 3 aromatic carbocycles. The molecule has 0 heterocycles. The molecule has 0 fully saturated rings. The van der Waals surface area contributed by atoms with Crippen molar-refractivity contribution in [1.29, 1.82) is 0 Å². The first-order valence-electron chi connectivity index (χ1n) is 8.95. The molecule has 0 saturated heterocycles. The van der Waals surface area contributed by atoms with E-state index in [-0.39, 0.29) is 6.04 Å². The van der Waals surface area contributed by atoms with Crippen LogP contribution in [0.1, 0.15) is 36.1 Å². The molecule has 0 aromatic heterocycles. The molecule has 1 atom stereocenters. The SMILES string of the molecule is C[C@H](c1cccc2ccccc12)N(O)CCCc1cccc(C(F)(F)F)c1. The number of benzene rings is 3. The van der Waals surface area contributed by atoms with Crippen LogP contribution in [0.4, 0.5) is 13.2 Å². The summed E-state index contributed by atoms with van der Waals surface area (Å²) in [5.41, 5.74) is 1.01. The van der Waals surface area contributed by atoms with Gasteiger partial charge >= 0.3 is 6.18 Å². The van der Waals surface area contributed by atoms with E-state index in [1.54, 1.807) is 6.07 Å². The molecule has 1 N–H and O–H groups in total. The molecule has 0 aliphatic heterocycles. The van der Waals surface area contributed by atoms with Gasteiger partial charge in [-0.3, -0.25) is 0 Å². The topological polar surface area (TPSA) is 23.5 Å². The van der Waals surface area contributed by atoms with Gasteiger partial charge in [-0.05, 0) is 47.7 Å². The smallest absolute Gasteiger partial charge is 0.313 e. The van der Waals surface area contributed by atoms with Crippen LogP contribution in [0.3, 0.4) is 0 Å². The molecule has 0 aliphatic rings. The van der Waals surface area contributed by atoms with E-state index >= 15 is 0 Å². The predicted octanol–water partition coefficient (Wildman–Crippen LogP) is 6.24. The Morgan fingerprint density at radius 3 is 2.44 bits per heavy atom. The first-order chi connectivity index (χ1) is 12.9. The summed E-state index contributed by atoms with van der Waals surface area (Å²) in [6.45, 7) is 2.30. The van der Waals surface area contributed by atoms with Gasteiger partial charge in [0, 0.05) is 6.54 Å². The Balaban J connectivity index is 1.63. The van der Waals surface area contributed by atoms with Crippen LogP contribution in [0.2, 0.25) is 0 Å². The molecule has 3 rings (SSSR count). The van der Waals surface area contributed by atoms with E-state index in [0.717, 1.165) is 22.4 Å². The molecular weight excluding hydrogens is 351 g/mol. The van der Waals surface area contributed by atoms with Crippen LogP contribution in [-0.4, -0.2) is 16.8 Å². The molecule has 142 valence electrons. The summed E-state index contributed by atoms with van der Waals surface area (Å²) < 4.78 is 38.4. The Hall–Kier alpha value is -2.37. The van der Waals surface area contributed by atoms with Crippen molar-refractivity contribution >= 4 is 10.8 Å². The van der Waals surface area contributed by atoms with Crippen LogP contribution in [0.5, 0.6) is 0 Å². The lowest BCUT2D eigenvalue weighted by Gasteiger charge is -2.24. The van der Waals surface area contributed by atoms with E-state index in [1.807, 2.05) is 49.4 Å². The van der Waals surface area contributed by atoms with Gasteiger partial charge in [0.1, 0.15) is 0 Å². The van der Waals surface area contributed by atoms with Crippen molar-refractivity contribution in [3.8, 4) is 0 Å². The number of alkyl halides is 3. The summed E-state index contributed by atoms with van der Waals surface area (Å²) in [6, 6.07) is 19.1. The van der Waals surface area contributed by atoms with Crippen LogP contribution in [-0.2, 0) is 12.6 Å². The van der Waals surface area contributed by atoms with Crippen LogP contribution >= 0.6 is 0 Å². The quantitative estimate of drug-likeness (QED) is 0.517. The average molecular weight is 373 g/mol. The van der Waals surface area contributed by atoms with Gasteiger partial charge in [-0.25, -0.2) is 0 Å². The van der Waals surface area contributed by atoms with Crippen molar-refractivity contribution < 1.29 is 18.4 Å². The van der Waals surface area contributed by atoms with Crippen molar-refractivity contribution in [2.75, 3.05) is 6.54 Å². The van der Waals surface area contributed by atoms with E-state index in [0.29, 0.717) is 24.9 Å². The van der Waals surface area contributed by atoms with Crippen LogP contribution in [0.15, 0.2) is 66.7 Å². The third kappa shape index (κ3) is 4.67.